The van der Waals surface area contributed by atoms with E-state index in [0.29, 0.717) is 0 Å². The van der Waals surface area contributed by atoms with Crippen molar-refractivity contribution in [3.63, 3.8) is 0 Å². The summed E-state index contributed by atoms with van der Waals surface area (Å²) in [6, 6.07) is 5.92. The first-order valence-corrected chi connectivity index (χ1v) is 5.31. The van der Waals surface area contributed by atoms with Crippen LogP contribution >= 0.6 is 27.7 Å². The molecule has 0 bridgehead atoms. The summed E-state index contributed by atoms with van der Waals surface area (Å²) in [5.41, 5.74) is 6.63. The first-order chi connectivity index (χ1) is 5.75. The van der Waals surface area contributed by atoms with Crippen molar-refractivity contribution in [3.05, 3.63) is 35.3 Å². The fourth-order valence-electron chi connectivity index (χ4n) is 0.792. The molecule has 64 valence electrons. The zero-order chi connectivity index (χ0) is 8.97. The van der Waals surface area contributed by atoms with Gasteiger partial charge in [-0.25, -0.2) is 0 Å². The fraction of sp³-hybridized carbons (Fsp3) is 0.111. The Balaban J connectivity index is 2.84. The van der Waals surface area contributed by atoms with Crippen LogP contribution in [0.3, 0.4) is 0 Å². The van der Waals surface area contributed by atoms with Crippen molar-refractivity contribution in [2.45, 2.75) is 4.90 Å². The molecule has 3 heteroatoms. The molecule has 0 radical (unpaired) electrons. The Kier molecular flexibility index (Phi) is 3.69. The highest BCUT2D eigenvalue weighted by Gasteiger charge is 2.00. The van der Waals surface area contributed by atoms with E-state index >= 15 is 0 Å². The number of thioether (sulfide) groups is 1. The molecule has 1 aromatic rings. The molecular weight excluding hydrogens is 234 g/mol. The van der Waals surface area contributed by atoms with E-state index < -0.39 is 0 Å². The van der Waals surface area contributed by atoms with E-state index in [2.05, 4.69) is 22.5 Å². The number of rotatable bonds is 3. The van der Waals surface area contributed by atoms with Gasteiger partial charge < -0.3 is 5.73 Å². The zero-order valence-corrected chi connectivity index (χ0v) is 8.99. The van der Waals surface area contributed by atoms with Crippen molar-refractivity contribution in [3.8, 4) is 0 Å². The van der Waals surface area contributed by atoms with Gasteiger partial charge in [0.1, 0.15) is 0 Å². The van der Waals surface area contributed by atoms with E-state index in [1.165, 1.54) is 0 Å². The second-order valence-electron chi connectivity index (χ2n) is 2.25. The number of halogens is 1. The number of hydrogen-bond acceptors (Lipinski definition) is 2. The number of para-hydroxylation sites is 1. The van der Waals surface area contributed by atoms with Crippen LogP contribution in [-0.4, -0.2) is 5.75 Å². The van der Waals surface area contributed by atoms with E-state index in [4.69, 9.17) is 5.73 Å². The van der Waals surface area contributed by atoms with Crippen LogP contribution in [0.4, 0.5) is 5.69 Å². The summed E-state index contributed by atoms with van der Waals surface area (Å²) in [5, 5.41) is 0. The third-order valence-electron chi connectivity index (χ3n) is 1.37. The number of benzene rings is 1. The molecule has 0 unspecified atom stereocenters. The molecule has 12 heavy (non-hydrogen) atoms. The van der Waals surface area contributed by atoms with Gasteiger partial charge in [0, 0.05) is 15.1 Å². The van der Waals surface area contributed by atoms with Crippen LogP contribution in [0.5, 0.6) is 0 Å². The number of hydrogen-bond donors (Lipinski definition) is 1. The van der Waals surface area contributed by atoms with Crippen LogP contribution in [0.25, 0.3) is 0 Å². The van der Waals surface area contributed by atoms with E-state index in [9.17, 15) is 0 Å². The second-order valence-corrected chi connectivity index (χ2v) is 4.17. The molecule has 0 fully saturated rings. The third-order valence-corrected chi connectivity index (χ3v) is 3.13. The predicted octanol–water partition coefficient (Wildman–Crippen LogP) is 3.31. The lowest BCUT2D eigenvalue weighted by atomic mass is 10.3. The van der Waals surface area contributed by atoms with Crippen LogP contribution in [0.15, 0.2) is 40.2 Å². The Bertz CT molecular complexity index is 286. The van der Waals surface area contributed by atoms with Crippen molar-refractivity contribution in [2.75, 3.05) is 11.5 Å². The van der Waals surface area contributed by atoms with Crippen LogP contribution in [-0.2, 0) is 0 Å². The van der Waals surface area contributed by atoms with Gasteiger partial charge in [0.2, 0.25) is 0 Å². The SMILES string of the molecule is C=CCSc1cccc(Br)c1N. The minimum Gasteiger partial charge on any atom is -0.397 e. The van der Waals surface area contributed by atoms with Gasteiger partial charge in [0.15, 0.2) is 0 Å². The molecule has 0 atom stereocenters. The standard InChI is InChI=1S/C9H10BrNS/c1-2-6-12-8-5-3-4-7(10)9(8)11/h2-5H,1,6,11H2. The average Bonchev–Trinajstić information content (AvgIpc) is 2.08. The summed E-state index contributed by atoms with van der Waals surface area (Å²) in [5.74, 6) is 0.890. The van der Waals surface area contributed by atoms with Crippen LogP contribution in [0, 0.1) is 0 Å². The zero-order valence-electron chi connectivity index (χ0n) is 6.59. The lowest BCUT2D eigenvalue weighted by Crippen LogP contribution is -1.89. The van der Waals surface area contributed by atoms with Gasteiger partial charge in [-0.3, -0.25) is 0 Å². The largest absolute Gasteiger partial charge is 0.397 e. The smallest absolute Gasteiger partial charge is 0.0596 e. The summed E-state index contributed by atoms with van der Waals surface area (Å²) >= 11 is 5.06. The van der Waals surface area contributed by atoms with E-state index in [0.717, 1.165) is 20.8 Å². The summed E-state index contributed by atoms with van der Waals surface area (Å²) in [6.45, 7) is 3.65. The second kappa shape index (κ2) is 4.58. The van der Waals surface area contributed by atoms with Crippen molar-refractivity contribution >= 4 is 33.4 Å². The van der Waals surface area contributed by atoms with Gasteiger partial charge in [-0.2, -0.15) is 0 Å². The van der Waals surface area contributed by atoms with Crippen molar-refractivity contribution in [1.82, 2.24) is 0 Å². The molecular formula is C9H10BrNS. The van der Waals surface area contributed by atoms with Crippen LogP contribution < -0.4 is 5.73 Å². The van der Waals surface area contributed by atoms with Gasteiger partial charge in [-0.1, -0.05) is 12.1 Å². The Morgan fingerprint density at radius 1 is 1.58 bits per heavy atom. The van der Waals surface area contributed by atoms with Gasteiger partial charge >= 0.3 is 0 Å². The Hall–Kier alpha value is -0.410. The number of nitrogen functional groups attached to an aromatic ring is 1. The molecule has 0 heterocycles. The highest BCUT2D eigenvalue weighted by Crippen LogP contribution is 2.30. The molecule has 0 aromatic heterocycles. The molecule has 0 aliphatic rings. The third kappa shape index (κ3) is 2.29. The van der Waals surface area contributed by atoms with E-state index in [1.807, 2.05) is 24.3 Å². The first-order valence-electron chi connectivity index (χ1n) is 3.53. The lowest BCUT2D eigenvalue weighted by molar-refractivity contribution is 1.43. The maximum absolute atomic E-state index is 5.82. The first kappa shape index (κ1) is 9.68. The Labute approximate surface area is 85.2 Å². The van der Waals surface area contributed by atoms with Crippen LogP contribution in [0.2, 0.25) is 0 Å². The minimum atomic E-state index is 0.810. The van der Waals surface area contributed by atoms with Crippen LogP contribution in [0.1, 0.15) is 0 Å². The number of nitrogens with two attached hydrogens (primary N) is 1. The minimum absolute atomic E-state index is 0.810. The molecule has 0 amide bonds. The van der Waals surface area contributed by atoms with Crippen molar-refractivity contribution in [2.24, 2.45) is 0 Å². The number of anilines is 1. The van der Waals surface area contributed by atoms with Gasteiger partial charge in [0.05, 0.1) is 5.69 Å². The highest BCUT2D eigenvalue weighted by molar-refractivity contribution is 9.10. The van der Waals surface area contributed by atoms with Crippen molar-refractivity contribution in [1.29, 1.82) is 0 Å². The molecule has 0 spiro atoms. The fourth-order valence-corrected chi connectivity index (χ4v) is 2.03. The van der Waals surface area contributed by atoms with Crippen molar-refractivity contribution < 1.29 is 0 Å². The summed E-state index contributed by atoms with van der Waals surface area (Å²) in [7, 11) is 0. The summed E-state index contributed by atoms with van der Waals surface area (Å²) < 4.78 is 0.955. The van der Waals surface area contributed by atoms with E-state index in [1.54, 1.807) is 11.8 Å². The molecule has 0 saturated carbocycles. The monoisotopic (exact) mass is 243 g/mol. The van der Waals surface area contributed by atoms with Gasteiger partial charge in [0.25, 0.3) is 0 Å². The quantitative estimate of drug-likeness (QED) is 0.501. The van der Waals surface area contributed by atoms with Gasteiger partial charge in [-0.05, 0) is 28.1 Å². The average molecular weight is 244 g/mol. The molecule has 1 rings (SSSR count). The highest BCUT2D eigenvalue weighted by atomic mass is 79.9. The molecule has 1 aromatic carbocycles. The maximum Gasteiger partial charge on any atom is 0.0596 e. The lowest BCUT2D eigenvalue weighted by Gasteiger charge is -2.04. The summed E-state index contributed by atoms with van der Waals surface area (Å²) in [6.07, 6.45) is 1.87. The predicted molar refractivity (Wildman–Crippen MR) is 59.5 cm³/mol. The maximum atomic E-state index is 5.82. The summed E-state index contributed by atoms with van der Waals surface area (Å²) in [4.78, 5) is 1.10. The topological polar surface area (TPSA) is 26.0 Å². The molecule has 1 nitrogen and oxygen atoms in total. The molecule has 0 aliphatic heterocycles. The van der Waals surface area contributed by atoms with E-state index in [-0.39, 0.29) is 0 Å². The molecule has 0 aliphatic carbocycles. The molecule has 2 N–H and O–H groups in total. The van der Waals surface area contributed by atoms with Gasteiger partial charge in [-0.15, -0.1) is 18.3 Å². The Morgan fingerprint density at radius 2 is 2.33 bits per heavy atom. The molecule has 0 saturated heterocycles. The Morgan fingerprint density at radius 3 is 3.00 bits per heavy atom. The normalized spacial score (nSPS) is 9.75.